The van der Waals surface area contributed by atoms with Gasteiger partial charge in [-0.3, -0.25) is 0 Å². The lowest BCUT2D eigenvalue weighted by Crippen LogP contribution is -2.39. The molecule has 0 saturated carbocycles. The molecular formula is C17H24Cl2O2. The van der Waals surface area contributed by atoms with Crippen LogP contribution in [0.4, 0.5) is 0 Å². The van der Waals surface area contributed by atoms with Crippen LogP contribution in [-0.4, -0.2) is 17.0 Å². The third kappa shape index (κ3) is 5.14. The summed E-state index contributed by atoms with van der Waals surface area (Å²) in [6.07, 6.45) is 5.61. The molecule has 1 saturated heterocycles. The van der Waals surface area contributed by atoms with Crippen LogP contribution >= 0.6 is 23.2 Å². The molecule has 4 heteroatoms. The third-order valence-electron chi connectivity index (χ3n) is 3.84. The average Bonchev–Trinajstić information content (AvgIpc) is 2.53. The Bertz CT molecular complexity index is 409. The van der Waals surface area contributed by atoms with Crippen LogP contribution in [0.3, 0.4) is 0 Å². The first kappa shape index (κ1) is 17.1. The van der Waals surface area contributed by atoms with E-state index in [1.54, 1.807) is 0 Å². The number of benzene rings is 1. The molecule has 2 atom stereocenters. The summed E-state index contributed by atoms with van der Waals surface area (Å²) in [6, 6.07) is 9.93. The maximum absolute atomic E-state index is 6.53. The number of halogens is 2. The van der Waals surface area contributed by atoms with E-state index in [1.165, 1.54) is 19.3 Å². The van der Waals surface area contributed by atoms with Gasteiger partial charge in [0, 0.05) is 12.0 Å². The molecule has 1 aliphatic heterocycles. The number of hydrogen-bond donors (Lipinski definition) is 0. The Morgan fingerprint density at radius 2 is 1.90 bits per heavy atom. The van der Waals surface area contributed by atoms with Crippen molar-refractivity contribution in [3.63, 3.8) is 0 Å². The zero-order chi connectivity index (χ0) is 15.1. The zero-order valence-corrected chi connectivity index (χ0v) is 14.1. The van der Waals surface area contributed by atoms with E-state index in [0.29, 0.717) is 6.61 Å². The fourth-order valence-electron chi connectivity index (χ4n) is 2.58. The van der Waals surface area contributed by atoms with Crippen molar-refractivity contribution in [2.75, 3.05) is 6.61 Å². The van der Waals surface area contributed by atoms with Crippen LogP contribution in [0, 0.1) is 0 Å². The van der Waals surface area contributed by atoms with Crippen LogP contribution in [0.25, 0.3) is 0 Å². The summed E-state index contributed by atoms with van der Waals surface area (Å²) in [5.41, 5.74) is 1.01. The Hall–Kier alpha value is -0.280. The molecule has 1 aromatic carbocycles. The van der Waals surface area contributed by atoms with Crippen molar-refractivity contribution in [1.82, 2.24) is 0 Å². The quantitative estimate of drug-likeness (QED) is 0.476. The Morgan fingerprint density at radius 3 is 2.62 bits per heavy atom. The van der Waals surface area contributed by atoms with E-state index in [-0.39, 0.29) is 12.4 Å². The van der Waals surface area contributed by atoms with E-state index in [1.807, 2.05) is 30.3 Å². The minimum atomic E-state index is -0.829. The molecule has 0 aliphatic carbocycles. The fourth-order valence-corrected chi connectivity index (χ4v) is 3.17. The molecular weight excluding hydrogens is 307 g/mol. The molecule has 0 radical (unpaired) electrons. The van der Waals surface area contributed by atoms with Gasteiger partial charge in [0.25, 0.3) is 0 Å². The van der Waals surface area contributed by atoms with Gasteiger partial charge in [-0.2, -0.15) is 0 Å². The molecule has 118 valence electrons. The predicted molar refractivity (Wildman–Crippen MR) is 87.8 cm³/mol. The Balaban J connectivity index is 1.90. The van der Waals surface area contributed by atoms with Gasteiger partial charge in [-0.15, -0.1) is 0 Å². The second-order valence-corrected chi connectivity index (χ2v) is 7.14. The highest BCUT2D eigenvalue weighted by Gasteiger charge is 2.39. The van der Waals surface area contributed by atoms with Gasteiger partial charge in [-0.25, -0.2) is 0 Å². The van der Waals surface area contributed by atoms with Gasteiger partial charge in [-0.1, -0.05) is 86.1 Å². The highest BCUT2D eigenvalue weighted by molar-refractivity contribution is 6.48. The van der Waals surface area contributed by atoms with Crippen molar-refractivity contribution in [3.05, 3.63) is 35.9 Å². The van der Waals surface area contributed by atoms with Crippen LogP contribution in [-0.2, 0) is 9.47 Å². The summed E-state index contributed by atoms with van der Waals surface area (Å²) in [5, 5.41) is 0. The van der Waals surface area contributed by atoms with E-state index in [4.69, 9.17) is 32.7 Å². The number of unbranched alkanes of at least 4 members (excludes halogenated alkanes) is 3. The molecule has 1 aliphatic rings. The molecule has 1 fully saturated rings. The number of hydrogen-bond acceptors (Lipinski definition) is 2. The van der Waals surface area contributed by atoms with E-state index in [9.17, 15) is 0 Å². The molecule has 0 bridgehead atoms. The average molecular weight is 331 g/mol. The first-order chi connectivity index (χ1) is 10.1. The van der Waals surface area contributed by atoms with Gasteiger partial charge in [-0.05, 0) is 6.42 Å². The summed E-state index contributed by atoms with van der Waals surface area (Å²) in [7, 11) is 0. The molecule has 21 heavy (non-hydrogen) atoms. The van der Waals surface area contributed by atoms with E-state index in [2.05, 4.69) is 6.92 Å². The fraction of sp³-hybridized carbons (Fsp3) is 0.647. The summed E-state index contributed by atoms with van der Waals surface area (Å²) in [4.78, 5) is 0. The number of alkyl halides is 2. The lowest BCUT2D eigenvalue weighted by atomic mass is 10.0. The molecule has 0 amide bonds. The highest BCUT2D eigenvalue weighted by atomic mass is 35.5. The molecule has 2 rings (SSSR count). The number of ether oxygens (including phenoxy) is 2. The Kier molecular flexibility index (Phi) is 6.81. The Labute approximate surface area is 137 Å². The number of rotatable bonds is 7. The van der Waals surface area contributed by atoms with Crippen molar-refractivity contribution in [3.8, 4) is 0 Å². The molecule has 0 unspecified atom stereocenters. The normalized spacial score (nSPS) is 23.2. The lowest BCUT2D eigenvalue weighted by Gasteiger charge is -2.37. The molecule has 1 aromatic rings. The van der Waals surface area contributed by atoms with Crippen molar-refractivity contribution in [2.24, 2.45) is 0 Å². The molecule has 1 heterocycles. The summed E-state index contributed by atoms with van der Waals surface area (Å²) >= 11 is 13.1. The topological polar surface area (TPSA) is 18.5 Å². The van der Waals surface area contributed by atoms with Crippen LogP contribution in [0.15, 0.2) is 30.3 Å². The van der Waals surface area contributed by atoms with Crippen LogP contribution in [0.2, 0.25) is 0 Å². The van der Waals surface area contributed by atoms with Gasteiger partial charge in [0.2, 0.25) is 0 Å². The minimum absolute atomic E-state index is 0.179. The molecule has 0 spiro atoms. The van der Waals surface area contributed by atoms with Gasteiger partial charge in [0.15, 0.2) is 6.29 Å². The molecule has 2 nitrogen and oxygen atoms in total. The maximum atomic E-state index is 6.53. The first-order valence-corrected chi connectivity index (χ1v) is 8.59. The predicted octanol–water partition coefficient (Wildman–Crippen LogP) is 5.64. The summed E-state index contributed by atoms with van der Waals surface area (Å²) in [6.45, 7) is 2.82. The Morgan fingerprint density at radius 1 is 1.14 bits per heavy atom. The van der Waals surface area contributed by atoms with E-state index >= 15 is 0 Å². The van der Waals surface area contributed by atoms with Crippen LogP contribution in [0.1, 0.15) is 57.3 Å². The lowest BCUT2D eigenvalue weighted by molar-refractivity contribution is -0.220. The minimum Gasteiger partial charge on any atom is -0.348 e. The highest BCUT2D eigenvalue weighted by Crippen LogP contribution is 2.40. The summed E-state index contributed by atoms with van der Waals surface area (Å²) < 4.78 is 10.9. The van der Waals surface area contributed by atoms with E-state index in [0.717, 1.165) is 24.8 Å². The standard InChI is InChI=1S/C17H24Cl2O2/c1-2-3-4-8-12-17(18,19)15-11-13-20-16(21-15)14-9-6-5-7-10-14/h5-7,9-10,15-16H,2-4,8,11-13H2,1H3/t15-,16-/m1/s1. The van der Waals surface area contributed by atoms with Crippen LogP contribution in [0.5, 0.6) is 0 Å². The molecule has 0 N–H and O–H groups in total. The maximum Gasteiger partial charge on any atom is 0.184 e. The first-order valence-electron chi connectivity index (χ1n) is 7.83. The van der Waals surface area contributed by atoms with Gasteiger partial charge >= 0.3 is 0 Å². The second-order valence-electron chi connectivity index (χ2n) is 5.60. The van der Waals surface area contributed by atoms with Gasteiger partial charge in [0.05, 0.1) is 12.7 Å². The summed E-state index contributed by atoms with van der Waals surface area (Å²) in [5.74, 6) is 0. The third-order valence-corrected chi connectivity index (χ3v) is 4.71. The van der Waals surface area contributed by atoms with Gasteiger partial charge < -0.3 is 9.47 Å². The zero-order valence-electron chi connectivity index (χ0n) is 12.6. The molecule has 0 aromatic heterocycles. The second kappa shape index (κ2) is 8.38. The van der Waals surface area contributed by atoms with E-state index < -0.39 is 4.33 Å². The smallest absolute Gasteiger partial charge is 0.184 e. The monoisotopic (exact) mass is 330 g/mol. The van der Waals surface area contributed by atoms with Crippen molar-refractivity contribution >= 4 is 23.2 Å². The SMILES string of the molecule is CCCCCCC(Cl)(Cl)[C@H]1CCO[C@@H](c2ccccc2)O1. The van der Waals surface area contributed by atoms with Crippen molar-refractivity contribution in [2.45, 2.75) is 62.2 Å². The van der Waals surface area contributed by atoms with Crippen molar-refractivity contribution in [1.29, 1.82) is 0 Å². The van der Waals surface area contributed by atoms with Crippen molar-refractivity contribution < 1.29 is 9.47 Å². The van der Waals surface area contributed by atoms with Crippen LogP contribution < -0.4 is 0 Å². The largest absolute Gasteiger partial charge is 0.348 e. The van der Waals surface area contributed by atoms with Gasteiger partial charge in [0.1, 0.15) is 4.33 Å².